The van der Waals surface area contributed by atoms with Crippen LogP contribution in [0.5, 0.6) is 17.2 Å². The summed E-state index contributed by atoms with van der Waals surface area (Å²) < 4.78 is 29.8. The van der Waals surface area contributed by atoms with Crippen LogP contribution in [0.15, 0.2) is 30.5 Å². The number of halogens is 1. The van der Waals surface area contributed by atoms with Gasteiger partial charge >= 0.3 is 0 Å². The van der Waals surface area contributed by atoms with E-state index in [1.807, 2.05) is 0 Å². The molecule has 0 spiro atoms. The summed E-state index contributed by atoms with van der Waals surface area (Å²) in [7, 11) is 3.04. The molecule has 0 aliphatic heterocycles. The highest BCUT2D eigenvalue weighted by Crippen LogP contribution is 2.30. The van der Waals surface area contributed by atoms with Crippen LogP contribution in [0.2, 0.25) is 0 Å². The Morgan fingerprint density at radius 3 is 2.62 bits per heavy atom. The normalized spacial score (nSPS) is 10.3. The SMILES string of the molecule is COc1ccnc(COc2c(F)cccc2CN)c1OC. The van der Waals surface area contributed by atoms with Gasteiger partial charge in [-0.15, -0.1) is 0 Å². The molecular formula is C15H17FN2O3. The van der Waals surface area contributed by atoms with E-state index in [0.29, 0.717) is 22.8 Å². The minimum atomic E-state index is -0.459. The van der Waals surface area contributed by atoms with E-state index in [1.165, 1.54) is 20.3 Å². The number of methoxy groups -OCH3 is 2. The van der Waals surface area contributed by atoms with Crippen LogP contribution in [0.3, 0.4) is 0 Å². The molecule has 0 amide bonds. The molecule has 1 aromatic heterocycles. The third kappa shape index (κ3) is 3.22. The molecule has 1 aromatic carbocycles. The highest BCUT2D eigenvalue weighted by molar-refractivity contribution is 5.43. The molecule has 2 aromatic rings. The van der Waals surface area contributed by atoms with Gasteiger partial charge in [-0.1, -0.05) is 12.1 Å². The van der Waals surface area contributed by atoms with Crippen molar-refractivity contribution in [2.75, 3.05) is 14.2 Å². The fraction of sp³-hybridized carbons (Fsp3) is 0.267. The molecule has 0 aliphatic rings. The third-order valence-electron chi connectivity index (χ3n) is 2.99. The summed E-state index contributed by atoms with van der Waals surface area (Å²) in [5.74, 6) is 0.677. The van der Waals surface area contributed by atoms with E-state index >= 15 is 0 Å². The fourth-order valence-electron chi connectivity index (χ4n) is 1.97. The standard InChI is InChI=1S/C15H17FN2O3/c1-19-13-6-7-18-12(15(13)20-2)9-21-14-10(8-17)4-3-5-11(14)16/h3-7H,8-9,17H2,1-2H3. The van der Waals surface area contributed by atoms with Crippen LogP contribution < -0.4 is 19.9 Å². The van der Waals surface area contributed by atoms with Crippen LogP contribution in [0.4, 0.5) is 4.39 Å². The lowest BCUT2D eigenvalue weighted by molar-refractivity contribution is 0.270. The molecule has 21 heavy (non-hydrogen) atoms. The molecule has 0 saturated carbocycles. The Hall–Kier alpha value is -2.34. The summed E-state index contributed by atoms with van der Waals surface area (Å²) in [6.07, 6.45) is 1.57. The lowest BCUT2D eigenvalue weighted by Gasteiger charge is -2.14. The number of rotatable bonds is 6. The maximum atomic E-state index is 13.8. The van der Waals surface area contributed by atoms with Gasteiger partial charge in [-0.05, 0) is 6.07 Å². The Balaban J connectivity index is 2.25. The van der Waals surface area contributed by atoms with E-state index in [-0.39, 0.29) is 18.9 Å². The van der Waals surface area contributed by atoms with Crippen molar-refractivity contribution in [2.24, 2.45) is 5.73 Å². The number of hydrogen-bond donors (Lipinski definition) is 1. The smallest absolute Gasteiger partial charge is 0.185 e. The second kappa shape index (κ2) is 6.90. The number of aromatic nitrogens is 1. The zero-order chi connectivity index (χ0) is 15.2. The Morgan fingerprint density at radius 1 is 1.14 bits per heavy atom. The van der Waals surface area contributed by atoms with Gasteiger partial charge < -0.3 is 19.9 Å². The maximum absolute atomic E-state index is 13.8. The van der Waals surface area contributed by atoms with Crippen molar-refractivity contribution < 1.29 is 18.6 Å². The maximum Gasteiger partial charge on any atom is 0.185 e. The molecule has 0 bridgehead atoms. The second-order valence-corrected chi connectivity index (χ2v) is 4.21. The van der Waals surface area contributed by atoms with Crippen molar-refractivity contribution >= 4 is 0 Å². The minimum Gasteiger partial charge on any atom is -0.493 e. The molecule has 0 unspecified atom stereocenters. The summed E-state index contributed by atoms with van der Waals surface area (Å²) in [5, 5.41) is 0. The van der Waals surface area contributed by atoms with Crippen molar-refractivity contribution in [3.63, 3.8) is 0 Å². The van der Waals surface area contributed by atoms with Crippen molar-refractivity contribution in [2.45, 2.75) is 13.2 Å². The van der Waals surface area contributed by atoms with Gasteiger partial charge in [-0.25, -0.2) is 4.39 Å². The van der Waals surface area contributed by atoms with Crippen LogP contribution in [0.1, 0.15) is 11.3 Å². The van der Waals surface area contributed by atoms with Gasteiger partial charge in [-0.3, -0.25) is 4.98 Å². The van der Waals surface area contributed by atoms with Crippen molar-refractivity contribution in [1.29, 1.82) is 0 Å². The monoisotopic (exact) mass is 292 g/mol. The third-order valence-corrected chi connectivity index (χ3v) is 2.99. The van der Waals surface area contributed by atoms with E-state index in [1.54, 1.807) is 24.4 Å². The van der Waals surface area contributed by atoms with Crippen molar-refractivity contribution in [3.8, 4) is 17.2 Å². The Bertz CT molecular complexity index is 620. The van der Waals surface area contributed by atoms with Crippen molar-refractivity contribution in [3.05, 3.63) is 47.5 Å². The fourth-order valence-corrected chi connectivity index (χ4v) is 1.97. The van der Waals surface area contributed by atoms with E-state index < -0.39 is 5.82 Å². The summed E-state index contributed by atoms with van der Waals surface area (Å²) >= 11 is 0. The van der Waals surface area contributed by atoms with Gasteiger partial charge in [-0.2, -0.15) is 0 Å². The molecule has 0 radical (unpaired) electrons. The first-order valence-electron chi connectivity index (χ1n) is 6.37. The molecule has 0 fully saturated rings. The topological polar surface area (TPSA) is 66.6 Å². The molecule has 6 heteroatoms. The summed E-state index contributed by atoms with van der Waals surface area (Å²) in [4.78, 5) is 4.17. The Morgan fingerprint density at radius 2 is 1.95 bits per heavy atom. The van der Waals surface area contributed by atoms with Crippen LogP contribution in [0, 0.1) is 5.82 Å². The van der Waals surface area contributed by atoms with E-state index in [0.717, 1.165) is 0 Å². The summed E-state index contributed by atoms with van der Waals surface area (Å²) in [5.41, 5.74) is 6.69. The molecular weight excluding hydrogens is 275 g/mol. The van der Waals surface area contributed by atoms with E-state index in [4.69, 9.17) is 19.9 Å². The molecule has 0 atom stereocenters. The summed E-state index contributed by atoms with van der Waals surface area (Å²) in [6, 6.07) is 6.31. The predicted molar refractivity (Wildman–Crippen MR) is 76.0 cm³/mol. The number of benzene rings is 1. The van der Waals surface area contributed by atoms with Gasteiger partial charge in [0.05, 0.1) is 14.2 Å². The van der Waals surface area contributed by atoms with E-state index in [9.17, 15) is 4.39 Å². The number of pyridine rings is 1. The molecule has 5 nitrogen and oxygen atoms in total. The predicted octanol–water partition coefficient (Wildman–Crippen LogP) is 2.28. The van der Waals surface area contributed by atoms with Gasteiger partial charge in [0.15, 0.2) is 23.1 Å². The van der Waals surface area contributed by atoms with Gasteiger partial charge in [0.2, 0.25) is 0 Å². The molecule has 112 valence electrons. The molecule has 2 N–H and O–H groups in total. The number of hydrogen-bond acceptors (Lipinski definition) is 5. The summed E-state index contributed by atoms with van der Waals surface area (Å²) in [6.45, 7) is 0.240. The van der Waals surface area contributed by atoms with Gasteiger partial charge in [0.1, 0.15) is 12.3 Å². The number of ether oxygens (including phenoxy) is 3. The zero-order valence-electron chi connectivity index (χ0n) is 11.9. The lowest BCUT2D eigenvalue weighted by Crippen LogP contribution is -2.07. The first-order valence-corrected chi connectivity index (χ1v) is 6.37. The largest absolute Gasteiger partial charge is 0.493 e. The van der Waals surface area contributed by atoms with Gasteiger partial charge in [0, 0.05) is 24.4 Å². The molecule has 0 aliphatic carbocycles. The highest BCUT2D eigenvalue weighted by atomic mass is 19.1. The van der Waals surface area contributed by atoms with Crippen LogP contribution in [0.25, 0.3) is 0 Å². The van der Waals surface area contributed by atoms with Crippen LogP contribution >= 0.6 is 0 Å². The average molecular weight is 292 g/mol. The lowest BCUT2D eigenvalue weighted by atomic mass is 10.2. The number of nitrogens with zero attached hydrogens (tertiary/aromatic N) is 1. The second-order valence-electron chi connectivity index (χ2n) is 4.21. The van der Waals surface area contributed by atoms with Crippen molar-refractivity contribution in [1.82, 2.24) is 4.98 Å². The molecule has 2 rings (SSSR count). The molecule has 0 saturated heterocycles. The first-order chi connectivity index (χ1) is 10.2. The quantitative estimate of drug-likeness (QED) is 0.884. The average Bonchev–Trinajstić information content (AvgIpc) is 2.52. The van der Waals surface area contributed by atoms with Crippen LogP contribution in [-0.2, 0) is 13.2 Å². The number of para-hydroxylation sites is 1. The Labute approximate surface area is 122 Å². The van der Waals surface area contributed by atoms with Gasteiger partial charge in [0.25, 0.3) is 0 Å². The van der Waals surface area contributed by atoms with Crippen LogP contribution in [-0.4, -0.2) is 19.2 Å². The zero-order valence-corrected chi connectivity index (χ0v) is 11.9. The number of nitrogens with two attached hydrogens (primary N) is 1. The first kappa shape index (κ1) is 15.1. The minimum absolute atomic E-state index is 0.0499. The highest BCUT2D eigenvalue weighted by Gasteiger charge is 2.14. The molecule has 1 heterocycles. The Kier molecular flexibility index (Phi) is 4.94. The van der Waals surface area contributed by atoms with E-state index in [2.05, 4.69) is 4.98 Å².